The van der Waals surface area contributed by atoms with Crippen LogP contribution < -0.4 is 0 Å². The van der Waals surface area contributed by atoms with Gasteiger partial charge in [0.15, 0.2) is 11.6 Å². The minimum Gasteiger partial charge on any atom is -0.463 e. The number of ether oxygens (including phenoxy) is 2. The van der Waals surface area contributed by atoms with Crippen LogP contribution in [0.2, 0.25) is 0 Å². The summed E-state index contributed by atoms with van der Waals surface area (Å²) in [6.07, 6.45) is 0.550. The van der Waals surface area contributed by atoms with Gasteiger partial charge in [-0.15, -0.1) is 0 Å². The molecule has 0 aliphatic heterocycles. The second kappa shape index (κ2) is 7.84. The first-order valence-electron chi connectivity index (χ1n) is 6.20. The second-order valence-electron chi connectivity index (χ2n) is 4.39. The van der Waals surface area contributed by atoms with Gasteiger partial charge in [-0.05, 0) is 38.0 Å². The van der Waals surface area contributed by atoms with Crippen molar-refractivity contribution in [3.8, 4) is 0 Å². The molecule has 5 heteroatoms. The summed E-state index contributed by atoms with van der Waals surface area (Å²) in [5, 5.41) is 0. The van der Waals surface area contributed by atoms with Crippen LogP contribution in [0.15, 0.2) is 18.2 Å². The largest absolute Gasteiger partial charge is 0.463 e. The van der Waals surface area contributed by atoms with Gasteiger partial charge in [0, 0.05) is 6.42 Å². The molecule has 0 spiro atoms. The molecule has 0 atom stereocenters. The summed E-state index contributed by atoms with van der Waals surface area (Å²) in [5.41, 5.74) is 0.564. The van der Waals surface area contributed by atoms with Crippen LogP contribution >= 0.6 is 0 Å². The minimum absolute atomic E-state index is 0.0980. The Hall–Kier alpha value is -1.49. The third-order valence-corrected chi connectivity index (χ3v) is 2.40. The highest BCUT2D eigenvalue weighted by Gasteiger charge is 2.06. The van der Waals surface area contributed by atoms with Gasteiger partial charge in [-0.25, -0.2) is 8.78 Å². The fraction of sp³-hybridized carbons (Fsp3) is 0.500. The van der Waals surface area contributed by atoms with Crippen molar-refractivity contribution in [3.63, 3.8) is 0 Å². The molecule has 1 rings (SSSR count). The summed E-state index contributed by atoms with van der Waals surface area (Å²) in [4.78, 5) is 11.4. The Kier molecular flexibility index (Phi) is 6.42. The van der Waals surface area contributed by atoms with Crippen molar-refractivity contribution in [2.24, 2.45) is 0 Å². The molecular weight excluding hydrogens is 254 g/mol. The normalized spacial score (nSPS) is 10.8. The summed E-state index contributed by atoms with van der Waals surface area (Å²) in [6, 6.07) is 3.59. The van der Waals surface area contributed by atoms with Crippen LogP contribution in [0, 0.1) is 11.6 Å². The molecule has 19 heavy (non-hydrogen) atoms. The van der Waals surface area contributed by atoms with Crippen LogP contribution in [-0.4, -0.2) is 25.3 Å². The van der Waals surface area contributed by atoms with Gasteiger partial charge in [0.1, 0.15) is 6.61 Å². The molecule has 1 aromatic carbocycles. The van der Waals surface area contributed by atoms with E-state index in [9.17, 15) is 13.6 Å². The SMILES string of the molecule is CC(C)OCCOC(=O)CCc1ccc(F)c(F)c1. The first-order valence-corrected chi connectivity index (χ1v) is 6.20. The monoisotopic (exact) mass is 272 g/mol. The lowest BCUT2D eigenvalue weighted by Crippen LogP contribution is -2.13. The second-order valence-corrected chi connectivity index (χ2v) is 4.39. The first kappa shape index (κ1) is 15.6. The van der Waals surface area contributed by atoms with Crippen LogP contribution in [0.5, 0.6) is 0 Å². The molecule has 0 aliphatic rings. The van der Waals surface area contributed by atoms with Crippen molar-refractivity contribution in [1.82, 2.24) is 0 Å². The predicted octanol–water partition coefficient (Wildman–Crippen LogP) is 2.87. The smallest absolute Gasteiger partial charge is 0.306 e. The Morgan fingerprint density at radius 2 is 1.95 bits per heavy atom. The van der Waals surface area contributed by atoms with E-state index in [2.05, 4.69) is 0 Å². The number of esters is 1. The van der Waals surface area contributed by atoms with E-state index in [0.29, 0.717) is 18.6 Å². The summed E-state index contributed by atoms with van der Waals surface area (Å²) in [6.45, 7) is 4.35. The average molecular weight is 272 g/mol. The predicted molar refractivity (Wildman–Crippen MR) is 66.7 cm³/mol. The molecule has 0 aliphatic carbocycles. The Morgan fingerprint density at radius 3 is 2.58 bits per heavy atom. The number of benzene rings is 1. The fourth-order valence-electron chi connectivity index (χ4n) is 1.45. The van der Waals surface area contributed by atoms with Crippen LogP contribution in [0.25, 0.3) is 0 Å². The average Bonchev–Trinajstić information content (AvgIpc) is 2.36. The van der Waals surface area contributed by atoms with Gasteiger partial charge in [-0.1, -0.05) is 6.07 Å². The van der Waals surface area contributed by atoms with Gasteiger partial charge in [-0.2, -0.15) is 0 Å². The van der Waals surface area contributed by atoms with E-state index in [-0.39, 0.29) is 25.1 Å². The van der Waals surface area contributed by atoms with Crippen LogP contribution in [-0.2, 0) is 20.7 Å². The number of carbonyl (C=O) groups is 1. The van der Waals surface area contributed by atoms with E-state index in [1.807, 2.05) is 13.8 Å². The standard InChI is InChI=1S/C14H18F2O3/c1-10(2)18-7-8-19-14(17)6-4-11-3-5-12(15)13(16)9-11/h3,5,9-10H,4,6-8H2,1-2H3. The topological polar surface area (TPSA) is 35.5 Å². The summed E-state index contributed by atoms with van der Waals surface area (Å²) in [5.74, 6) is -2.18. The minimum atomic E-state index is -0.906. The zero-order valence-corrected chi connectivity index (χ0v) is 11.1. The number of aryl methyl sites for hydroxylation is 1. The van der Waals surface area contributed by atoms with E-state index in [0.717, 1.165) is 12.1 Å². The number of rotatable bonds is 7. The van der Waals surface area contributed by atoms with Crippen molar-refractivity contribution in [1.29, 1.82) is 0 Å². The highest BCUT2D eigenvalue weighted by atomic mass is 19.2. The lowest BCUT2D eigenvalue weighted by atomic mass is 10.1. The summed E-state index contributed by atoms with van der Waals surface area (Å²) < 4.78 is 35.8. The molecule has 0 bridgehead atoms. The molecule has 0 saturated heterocycles. The third kappa shape index (κ3) is 6.29. The van der Waals surface area contributed by atoms with Crippen molar-refractivity contribution in [2.75, 3.05) is 13.2 Å². The maximum Gasteiger partial charge on any atom is 0.306 e. The van der Waals surface area contributed by atoms with Crippen LogP contribution in [0.4, 0.5) is 8.78 Å². The Labute approximate surface area is 111 Å². The fourth-order valence-corrected chi connectivity index (χ4v) is 1.45. The van der Waals surface area contributed by atoms with Crippen molar-refractivity contribution in [2.45, 2.75) is 32.8 Å². The van der Waals surface area contributed by atoms with Crippen LogP contribution in [0.3, 0.4) is 0 Å². The molecule has 0 amide bonds. The molecule has 0 unspecified atom stereocenters. The summed E-state index contributed by atoms with van der Waals surface area (Å²) in [7, 11) is 0. The molecule has 1 aromatic rings. The number of halogens is 2. The Bertz CT molecular complexity index is 419. The first-order chi connectivity index (χ1) is 8.99. The van der Waals surface area contributed by atoms with Gasteiger partial charge in [-0.3, -0.25) is 4.79 Å². The van der Waals surface area contributed by atoms with Gasteiger partial charge in [0.05, 0.1) is 12.7 Å². The number of carbonyl (C=O) groups excluding carboxylic acids is 1. The zero-order chi connectivity index (χ0) is 14.3. The van der Waals surface area contributed by atoms with E-state index >= 15 is 0 Å². The van der Waals surface area contributed by atoms with E-state index in [1.165, 1.54) is 6.07 Å². The van der Waals surface area contributed by atoms with Crippen molar-refractivity contribution < 1.29 is 23.0 Å². The van der Waals surface area contributed by atoms with E-state index in [1.54, 1.807) is 0 Å². The van der Waals surface area contributed by atoms with Crippen molar-refractivity contribution >= 4 is 5.97 Å². The molecule has 0 fully saturated rings. The van der Waals surface area contributed by atoms with Gasteiger partial charge in [0.2, 0.25) is 0 Å². The molecule has 106 valence electrons. The van der Waals surface area contributed by atoms with Gasteiger partial charge < -0.3 is 9.47 Å². The van der Waals surface area contributed by atoms with Crippen LogP contribution in [0.1, 0.15) is 25.8 Å². The Balaban J connectivity index is 2.24. The lowest BCUT2D eigenvalue weighted by molar-refractivity contribution is -0.145. The zero-order valence-electron chi connectivity index (χ0n) is 11.1. The molecule has 0 radical (unpaired) electrons. The van der Waals surface area contributed by atoms with E-state index in [4.69, 9.17) is 9.47 Å². The molecule has 0 saturated carbocycles. The molecule has 3 nitrogen and oxygen atoms in total. The highest BCUT2D eigenvalue weighted by Crippen LogP contribution is 2.10. The van der Waals surface area contributed by atoms with Gasteiger partial charge >= 0.3 is 5.97 Å². The maximum atomic E-state index is 12.9. The third-order valence-electron chi connectivity index (χ3n) is 2.40. The molecular formula is C14H18F2O3. The highest BCUT2D eigenvalue weighted by molar-refractivity contribution is 5.69. The molecule has 0 N–H and O–H groups in total. The lowest BCUT2D eigenvalue weighted by Gasteiger charge is -2.08. The maximum absolute atomic E-state index is 12.9. The Morgan fingerprint density at radius 1 is 1.21 bits per heavy atom. The van der Waals surface area contributed by atoms with Gasteiger partial charge in [0.25, 0.3) is 0 Å². The number of hydrogen-bond donors (Lipinski definition) is 0. The van der Waals surface area contributed by atoms with Crippen molar-refractivity contribution in [3.05, 3.63) is 35.4 Å². The number of hydrogen-bond acceptors (Lipinski definition) is 3. The molecule has 0 heterocycles. The van der Waals surface area contributed by atoms with E-state index < -0.39 is 11.6 Å². The summed E-state index contributed by atoms with van der Waals surface area (Å²) >= 11 is 0. The quantitative estimate of drug-likeness (QED) is 0.565. The molecule has 0 aromatic heterocycles.